The third kappa shape index (κ3) is 5.10. The SMILES string of the molecule is CC(C)Oc1ccc(-c2nc(-c3cccc4c3CCC4)no2)cc1C#N.NCC(=O)N1CCC1. The summed E-state index contributed by atoms with van der Waals surface area (Å²) >= 11 is 0. The molecule has 34 heavy (non-hydrogen) atoms. The first-order valence-corrected chi connectivity index (χ1v) is 11.6. The van der Waals surface area contributed by atoms with Crippen LogP contribution in [0, 0.1) is 11.3 Å². The van der Waals surface area contributed by atoms with E-state index in [0.29, 0.717) is 28.6 Å². The standard InChI is InChI=1S/C21H19N3O2.C5H10N2O/c1-13(2)25-19-10-9-15(11-16(19)12-22)21-23-20(24-26-21)18-8-4-6-14-5-3-7-17(14)18;6-4-5(8)7-2-1-3-7/h4,6,8-11,13H,3,5,7H2,1-2H3;1-4,6H2. The molecular weight excluding hydrogens is 430 g/mol. The highest BCUT2D eigenvalue weighted by atomic mass is 16.5. The van der Waals surface area contributed by atoms with Gasteiger partial charge in [0.15, 0.2) is 0 Å². The number of aryl methyl sites for hydroxylation is 1. The van der Waals surface area contributed by atoms with Gasteiger partial charge in [-0.25, -0.2) is 0 Å². The van der Waals surface area contributed by atoms with Crippen LogP contribution in [0.4, 0.5) is 0 Å². The molecule has 5 rings (SSSR count). The van der Waals surface area contributed by atoms with Gasteiger partial charge < -0.3 is 19.9 Å². The summed E-state index contributed by atoms with van der Waals surface area (Å²) in [5.41, 5.74) is 9.98. The minimum atomic E-state index is 0.00290. The number of nitrogens with two attached hydrogens (primary N) is 1. The summed E-state index contributed by atoms with van der Waals surface area (Å²) in [7, 11) is 0. The summed E-state index contributed by atoms with van der Waals surface area (Å²) in [5.74, 6) is 1.64. The Bertz CT molecular complexity index is 1210. The fraction of sp³-hybridized carbons (Fsp3) is 0.385. The lowest BCUT2D eigenvalue weighted by molar-refractivity contribution is -0.132. The van der Waals surface area contributed by atoms with Crippen molar-refractivity contribution in [3.8, 4) is 34.7 Å². The molecule has 2 aromatic carbocycles. The van der Waals surface area contributed by atoms with Crippen LogP contribution in [0.25, 0.3) is 22.8 Å². The molecule has 3 aromatic rings. The number of amides is 1. The van der Waals surface area contributed by atoms with Gasteiger partial charge in [-0.2, -0.15) is 10.2 Å². The molecule has 0 atom stereocenters. The van der Waals surface area contributed by atoms with E-state index in [9.17, 15) is 10.1 Å². The Kier molecular flexibility index (Phi) is 7.24. The van der Waals surface area contributed by atoms with Crippen LogP contribution in [0.3, 0.4) is 0 Å². The Morgan fingerprint density at radius 3 is 2.71 bits per heavy atom. The molecule has 8 nitrogen and oxygen atoms in total. The van der Waals surface area contributed by atoms with Crippen molar-refractivity contribution >= 4 is 5.91 Å². The number of benzene rings is 2. The Labute approximate surface area is 199 Å². The predicted molar refractivity (Wildman–Crippen MR) is 128 cm³/mol. The molecule has 2 aliphatic rings. The minimum absolute atomic E-state index is 0.00290. The molecule has 2 heterocycles. The van der Waals surface area contributed by atoms with Gasteiger partial charge in [0.05, 0.1) is 18.2 Å². The largest absolute Gasteiger partial charge is 0.490 e. The fourth-order valence-electron chi connectivity index (χ4n) is 4.08. The molecule has 0 bridgehead atoms. The van der Waals surface area contributed by atoms with Crippen molar-refractivity contribution in [1.29, 1.82) is 5.26 Å². The van der Waals surface area contributed by atoms with E-state index in [1.807, 2.05) is 32.0 Å². The van der Waals surface area contributed by atoms with E-state index in [2.05, 4.69) is 22.3 Å². The maximum atomic E-state index is 10.6. The summed E-state index contributed by atoms with van der Waals surface area (Å²) in [6, 6.07) is 13.8. The van der Waals surface area contributed by atoms with Gasteiger partial charge in [0.2, 0.25) is 11.7 Å². The highest BCUT2D eigenvalue weighted by Gasteiger charge is 2.20. The zero-order valence-corrected chi connectivity index (χ0v) is 19.6. The van der Waals surface area contributed by atoms with Gasteiger partial charge in [0, 0.05) is 24.2 Å². The van der Waals surface area contributed by atoms with Crippen LogP contribution in [0.5, 0.6) is 5.75 Å². The highest BCUT2D eigenvalue weighted by molar-refractivity contribution is 5.78. The van der Waals surface area contributed by atoms with E-state index in [0.717, 1.165) is 37.9 Å². The minimum Gasteiger partial charge on any atom is -0.490 e. The fourth-order valence-corrected chi connectivity index (χ4v) is 4.08. The van der Waals surface area contributed by atoms with E-state index >= 15 is 0 Å². The average molecular weight is 460 g/mol. The van der Waals surface area contributed by atoms with Gasteiger partial charge in [0.1, 0.15) is 11.8 Å². The van der Waals surface area contributed by atoms with Crippen LogP contribution >= 0.6 is 0 Å². The number of rotatable bonds is 5. The van der Waals surface area contributed by atoms with Crippen molar-refractivity contribution in [3.63, 3.8) is 0 Å². The Morgan fingerprint density at radius 1 is 1.24 bits per heavy atom. The summed E-state index contributed by atoms with van der Waals surface area (Å²) in [6.45, 7) is 5.85. The van der Waals surface area contributed by atoms with Crippen LogP contribution in [-0.2, 0) is 17.6 Å². The number of likely N-dealkylation sites (tertiary alicyclic amines) is 1. The molecule has 1 fully saturated rings. The lowest BCUT2D eigenvalue weighted by atomic mass is 10.0. The van der Waals surface area contributed by atoms with E-state index in [4.69, 9.17) is 15.0 Å². The number of carbonyl (C=O) groups excluding carboxylic acids is 1. The van der Waals surface area contributed by atoms with E-state index in [-0.39, 0.29) is 18.6 Å². The van der Waals surface area contributed by atoms with Crippen molar-refractivity contribution in [2.75, 3.05) is 19.6 Å². The molecule has 176 valence electrons. The molecule has 1 amide bonds. The maximum Gasteiger partial charge on any atom is 0.258 e. The lowest BCUT2D eigenvalue weighted by Gasteiger charge is -2.30. The predicted octanol–water partition coefficient (Wildman–Crippen LogP) is 3.73. The zero-order chi connectivity index (χ0) is 24.1. The molecule has 1 aliphatic heterocycles. The topological polar surface area (TPSA) is 118 Å². The molecule has 0 saturated carbocycles. The van der Waals surface area contributed by atoms with Crippen molar-refractivity contribution in [1.82, 2.24) is 15.0 Å². The summed E-state index contributed by atoms with van der Waals surface area (Å²) in [4.78, 5) is 16.9. The Morgan fingerprint density at radius 2 is 2.06 bits per heavy atom. The molecule has 1 saturated heterocycles. The van der Waals surface area contributed by atoms with Crippen molar-refractivity contribution < 1.29 is 14.1 Å². The van der Waals surface area contributed by atoms with Gasteiger partial charge >= 0.3 is 0 Å². The average Bonchev–Trinajstić information content (AvgIpc) is 3.48. The molecule has 2 N–H and O–H groups in total. The summed E-state index contributed by atoms with van der Waals surface area (Å²) in [5, 5.41) is 13.6. The van der Waals surface area contributed by atoms with Crippen LogP contribution in [-0.4, -0.2) is 46.7 Å². The van der Waals surface area contributed by atoms with Gasteiger partial charge in [-0.3, -0.25) is 4.79 Å². The van der Waals surface area contributed by atoms with Gasteiger partial charge in [-0.15, -0.1) is 0 Å². The molecular formula is C26H29N5O3. The third-order valence-corrected chi connectivity index (χ3v) is 5.91. The normalized spacial score (nSPS) is 14.0. The number of carbonyl (C=O) groups is 1. The lowest BCUT2D eigenvalue weighted by Crippen LogP contribution is -2.45. The van der Waals surface area contributed by atoms with Crippen LogP contribution in [0.1, 0.15) is 43.4 Å². The first-order valence-electron chi connectivity index (χ1n) is 11.6. The summed E-state index contributed by atoms with van der Waals surface area (Å²) in [6.07, 6.45) is 4.47. The van der Waals surface area contributed by atoms with E-state index in [1.54, 1.807) is 17.0 Å². The smallest absolute Gasteiger partial charge is 0.258 e. The number of ether oxygens (including phenoxy) is 1. The molecule has 0 spiro atoms. The molecule has 0 unspecified atom stereocenters. The van der Waals surface area contributed by atoms with Crippen LogP contribution < -0.4 is 10.5 Å². The third-order valence-electron chi connectivity index (χ3n) is 5.91. The molecule has 1 aliphatic carbocycles. The van der Waals surface area contributed by atoms with Crippen LogP contribution in [0.2, 0.25) is 0 Å². The quantitative estimate of drug-likeness (QED) is 0.617. The zero-order valence-electron chi connectivity index (χ0n) is 19.6. The number of nitriles is 1. The number of hydrogen-bond donors (Lipinski definition) is 1. The highest BCUT2D eigenvalue weighted by Crippen LogP contribution is 2.32. The van der Waals surface area contributed by atoms with Gasteiger partial charge in [-0.1, -0.05) is 23.4 Å². The van der Waals surface area contributed by atoms with Gasteiger partial charge in [0.25, 0.3) is 5.89 Å². The van der Waals surface area contributed by atoms with Gasteiger partial charge in [-0.05, 0) is 68.9 Å². The number of nitrogens with zero attached hydrogens (tertiary/aromatic N) is 4. The second kappa shape index (κ2) is 10.5. The first-order chi connectivity index (χ1) is 16.5. The second-order valence-corrected chi connectivity index (χ2v) is 8.65. The second-order valence-electron chi connectivity index (χ2n) is 8.65. The summed E-state index contributed by atoms with van der Waals surface area (Å²) < 4.78 is 11.1. The monoisotopic (exact) mass is 459 g/mol. The first kappa shape index (κ1) is 23.5. The number of hydrogen-bond acceptors (Lipinski definition) is 7. The molecule has 8 heteroatoms. The van der Waals surface area contributed by atoms with E-state index < -0.39 is 0 Å². The number of fused-ring (bicyclic) bond motifs is 1. The number of aromatic nitrogens is 2. The van der Waals surface area contributed by atoms with Crippen molar-refractivity contribution in [2.45, 2.75) is 45.6 Å². The van der Waals surface area contributed by atoms with E-state index in [1.165, 1.54) is 17.5 Å². The Balaban J connectivity index is 0.000000291. The van der Waals surface area contributed by atoms with Crippen molar-refractivity contribution in [2.24, 2.45) is 5.73 Å². The van der Waals surface area contributed by atoms with Crippen molar-refractivity contribution in [3.05, 3.63) is 53.1 Å². The maximum absolute atomic E-state index is 10.6. The Hall–Kier alpha value is -3.70. The molecule has 0 radical (unpaired) electrons. The van der Waals surface area contributed by atoms with Crippen LogP contribution in [0.15, 0.2) is 40.9 Å². The molecule has 1 aromatic heterocycles.